The summed E-state index contributed by atoms with van der Waals surface area (Å²) in [4.78, 5) is 0.0180. The van der Waals surface area contributed by atoms with Crippen molar-refractivity contribution in [3.63, 3.8) is 0 Å². The van der Waals surface area contributed by atoms with Crippen LogP contribution < -0.4 is 0 Å². The maximum atomic E-state index is 12.0. The minimum Gasteiger partial charge on any atom is -0.387 e. The zero-order chi connectivity index (χ0) is 15.6. The van der Waals surface area contributed by atoms with E-state index in [1.807, 2.05) is 6.92 Å². The van der Waals surface area contributed by atoms with E-state index in [1.54, 1.807) is 12.1 Å². The lowest BCUT2D eigenvalue weighted by molar-refractivity contribution is -0.151. The summed E-state index contributed by atoms with van der Waals surface area (Å²) >= 11 is 0. The number of hydrogen-bond donors (Lipinski definition) is 2. The molecule has 0 saturated carbocycles. The molecule has 2 rings (SSSR count). The van der Waals surface area contributed by atoms with E-state index in [4.69, 9.17) is 13.7 Å². The maximum absolute atomic E-state index is 12.0. The van der Waals surface area contributed by atoms with Crippen molar-refractivity contribution in [2.24, 2.45) is 0 Å². The van der Waals surface area contributed by atoms with Gasteiger partial charge in [0, 0.05) is 7.11 Å². The third-order valence-electron chi connectivity index (χ3n) is 3.25. The highest BCUT2D eigenvalue weighted by molar-refractivity contribution is 7.86. The Balaban J connectivity index is 2.01. The number of ether oxygens (including phenoxy) is 2. The fraction of sp³-hybridized carbons (Fsp3) is 0.538. The standard InChI is InChI=1S/C13H18O7S/c1-8-3-5-9(6-4-8)21(16,17)19-7-10-11(14)12(15)13(18-2)20-10/h3-6,10-15H,7H2,1-2H3/t10-,11-,12+,13+/m1/s1. The van der Waals surface area contributed by atoms with E-state index in [-0.39, 0.29) is 4.90 Å². The Labute approximate surface area is 123 Å². The summed E-state index contributed by atoms with van der Waals surface area (Å²) in [7, 11) is -2.63. The van der Waals surface area contributed by atoms with Gasteiger partial charge in [0.2, 0.25) is 0 Å². The topological polar surface area (TPSA) is 102 Å². The second-order valence-corrected chi connectivity index (χ2v) is 6.43. The molecule has 0 aromatic heterocycles. The van der Waals surface area contributed by atoms with E-state index < -0.39 is 41.3 Å². The lowest BCUT2D eigenvalue weighted by atomic mass is 10.1. The summed E-state index contributed by atoms with van der Waals surface area (Å²) in [6.45, 7) is 1.43. The molecule has 21 heavy (non-hydrogen) atoms. The quantitative estimate of drug-likeness (QED) is 0.724. The van der Waals surface area contributed by atoms with Crippen LogP contribution in [0.3, 0.4) is 0 Å². The van der Waals surface area contributed by atoms with Gasteiger partial charge in [-0.25, -0.2) is 0 Å². The van der Waals surface area contributed by atoms with E-state index in [1.165, 1.54) is 19.2 Å². The summed E-state index contributed by atoms with van der Waals surface area (Å²) in [6, 6.07) is 6.18. The SMILES string of the molecule is CO[C@H]1O[C@H](COS(=O)(=O)c2ccc(C)cc2)[C@@H](O)[C@@H]1O. The highest BCUT2D eigenvalue weighted by Crippen LogP contribution is 2.23. The number of aliphatic hydroxyl groups is 2. The Hall–Kier alpha value is -1.03. The number of benzene rings is 1. The molecule has 8 heteroatoms. The van der Waals surface area contributed by atoms with Crippen LogP contribution in [-0.4, -0.2) is 56.9 Å². The fourth-order valence-electron chi connectivity index (χ4n) is 1.98. The number of hydrogen-bond acceptors (Lipinski definition) is 7. The van der Waals surface area contributed by atoms with Crippen LogP contribution in [0.5, 0.6) is 0 Å². The van der Waals surface area contributed by atoms with Gasteiger partial charge in [-0.1, -0.05) is 17.7 Å². The number of aryl methyl sites for hydroxylation is 1. The van der Waals surface area contributed by atoms with Crippen molar-refractivity contribution in [2.45, 2.75) is 36.4 Å². The van der Waals surface area contributed by atoms with Crippen molar-refractivity contribution >= 4 is 10.1 Å². The molecule has 0 radical (unpaired) electrons. The van der Waals surface area contributed by atoms with Crippen LogP contribution in [0.4, 0.5) is 0 Å². The van der Waals surface area contributed by atoms with Gasteiger partial charge in [-0.15, -0.1) is 0 Å². The van der Waals surface area contributed by atoms with Gasteiger partial charge in [0.05, 0.1) is 11.5 Å². The van der Waals surface area contributed by atoms with E-state index in [9.17, 15) is 18.6 Å². The molecule has 0 bridgehead atoms. The Morgan fingerprint density at radius 3 is 2.33 bits per heavy atom. The maximum Gasteiger partial charge on any atom is 0.297 e. The molecule has 7 nitrogen and oxygen atoms in total. The molecule has 1 aliphatic rings. The largest absolute Gasteiger partial charge is 0.387 e. The number of methoxy groups -OCH3 is 1. The van der Waals surface area contributed by atoms with Crippen LogP contribution in [0.2, 0.25) is 0 Å². The molecule has 0 aliphatic carbocycles. The van der Waals surface area contributed by atoms with Crippen molar-refractivity contribution in [1.82, 2.24) is 0 Å². The number of rotatable bonds is 5. The van der Waals surface area contributed by atoms with Gasteiger partial charge in [-0.2, -0.15) is 8.42 Å². The van der Waals surface area contributed by atoms with Crippen molar-refractivity contribution in [2.75, 3.05) is 13.7 Å². The molecular weight excluding hydrogens is 300 g/mol. The summed E-state index contributed by atoms with van der Waals surface area (Å²) in [5.41, 5.74) is 0.926. The fourth-order valence-corrected chi connectivity index (χ4v) is 2.90. The zero-order valence-corrected chi connectivity index (χ0v) is 12.5. The predicted molar refractivity (Wildman–Crippen MR) is 72.0 cm³/mol. The molecule has 4 atom stereocenters. The molecule has 2 N–H and O–H groups in total. The highest BCUT2D eigenvalue weighted by Gasteiger charge is 2.43. The van der Waals surface area contributed by atoms with Crippen LogP contribution in [0, 0.1) is 6.92 Å². The van der Waals surface area contributed by atoms with Gasteiger partial charge >= 0.3 is 0 Å². The van der Waals surface area contributed by atoms with E-state index in [0.717, 1.165) is 5.56 Å². The van der Waals surface area contributed by atoms with Gasteiger partial charge in [0.15, 0.2) is 6.29 Å². The molecule has 1 aromatic carbocycles. The lowest BCUT2D eigenvalue weighted by Crippen LogP contribution is -2.35. The molecule has 1 aromatic rings. The minimum atomic E-state index is -3.94. The third-order valence-corrected chi connectivity index (χ3v) is 4.54. The van der Waals surface area contributed by atoms with Crippen molar-refractivity contribution in [3.05, 3.63) is 29.8 Å². The van der Waals surface area contributed by atoms with Gasteiger partial charge in [0.1, 0.15) is 18.3 Å². The van der Waals surface area contributed by atoms with E-state index in [2.05, 4.69) is 0 Å². The van der Waals surface area contributed by atoms with Crippen LogP contribution in [0.25, 0.3) is 0 Å². The lowest BCUT2D eigenvalue weighted by Gasteiger charge is -2.14. The van der Waals surface area contributed by atoms with Crippen LogP contribution in [-0.2, 0) is 23.8 Å². The Morgan fingerprint density at radius 1 is 1.19 bits per heavy atom. The summed E-state index contributed by atoms with van der Waals surface area (Å²) in [5.74, 6) is 0. The van der Waals surface area contributed by atoms with Crippen LogP contribution in [0.15, 0.2) is 29.2 Å². The second-order valence-electron chi connectivity index (χ2n) is 4.81. The summed E-state index contributed by atoms with van der Waals surface area (Å²) < 4.78 is 38.8. The third kappa shape index (κ3) is 3.60. The molecule has 1 fully saturated rings. The Bertz CT molecular complexity index is 569. The molecule has 1 heterocycles. The first-order chi connectivity index (χ1) is 9.85. The van der Waals surface area contributed by atoms with E-state index in [0.29, 0.717) is 0 Å². The first kappa shape index (κ1) is 16.3. The molecule has 0 amide bonds. The van der Waals surface area contributed by atoms with Crippen molar-refractivity contribution < 1.29 is 32.3 Å². The Morgan fingerprint density at radius 2 is 1.81 bits per heavy atom. The number of aliphatic hydroxyl groups excluding tert-OH is 2. The molecule has 0 spiro atoms. The predicted octanol–water partition coefficient (Wildman–Crippen LogP) is -0.207. The average molecular weight is 318 g/mol. The average Bonchev–Trinajstić information content (AvgIpc) is 2.73. The minimum absolute atomic E-state index is 0.0180. The zero-order valence-electron chi connectivity index (χ0n) is 11.7. The second kappa shape index (κ2) is 6.39. The first-order valence-corrected chi connectivity index (χ1v) is 7.76. The van der Waals surface area contributed by atoms with Gasteiger partial charge in [-0.05, 0) is 19.1 Å². The normalized spacial score (nSPS) is 29.7. The Kier molecular flexibility index (Phi) is 4.97. The first-order valence-electron chi connectivity index (χ1n) is 6.35. The molecule has 118 valence electrons. The molecule has 0 unspecified atom stereocenters. The van der Waals surface area contributed by atoms with Gasteiger partial charge in [0.25, 0.3) is 10.1 Å². The van der Waals surface area contributed by atoms with Crippen LogP contribution in [0.1, 0.15) is 5.56 Å². The smallest absolute Gasteiger partial charge is 0.297 e. The van der Waals surface area contributed by atoms with Gasteiger partial charge < -0.3 is 19.7 Å². The van der Waals surface area contributed by atoms with Crippen LogP contribution >= 0.6 is 0 Å². The molecule has 1 saturated heterocycles. The highest BCUT2D eigenvalue weighted by atomic mass is 32.2. The van der Waals surface area contributed by atoms with E-state index >= 15 is 0 Å². The molecule has 1 aliphatic heterocycles. The molecular formula is C13H18O7S. The van der Waals surface area contributed by atoms with Gasteiger partial charge in [-0.3, -0.25) is 4.18 Å². The monoisotopic (exact) mass is 318 g/mol. The van der Waals surface area contributed by atoms with Crippen molar-refractivity contribution in [3.8, 4) is 0 Å². The summed E-state index contributed by atoms with van der Waals surface area (Å²) in [5, 5.41) is 19.3. The summed E-state index contributed by atoms with van der Waals surface area (Å²) in [6.07, 6.45) is -4.50. The van der Waals surface area contributed by atoms with Crippen molar-refractivity contribution in [1.29, 1.82) is 0 Å².